The van der Waals surface area contributed by atoms with Crippen LogP contribution in [0.2, 0.25) is 0 Å². The molecular weight excluding hydrogens is 350 g/mol. The average molecular weight is 381 g/mol. The van der Waals surface area contributed by atoms with Gasteiger partial charge in [0.1, 0.15) is 6.10 Å². The van der Waals surface area contributed by atoms with E-state index in [9.17, 15) is 9.59 Å². The van der Waals surface area contributed by atoms with Gasteiger partial charge >= 0.3 is 12.2 Å². The highest BCUT2D eigenvalue weighted by Gasteiger charge is 2.52. The van der Waals surface area contributed by atoms with E-state index in [0.717, 1.165) is 52.2 Å². The first-order chi connectivity index (χ1) is 13.1. The van der Waals surface area contributed by atoms with Crippen LogP contribution in [0.15, 0.2) is 0 Å². The molecule has 0 bridgehead atoms. The molecule has 1 saturated carbocycles. The molecule has 1 unspecified atom stereocenters. The van der Waals surface area contributed by atoms with E-state index in [1.165, 1.54) is 12.8 Å². The van der Waals surface area contributed by atoms with Crippen LogP contribution in [-0.4, -0.2) is 98.1 Å². The number of amides is 2. The number of likely N-dealkylation sites (tertiary alicyclic amines) is 2. The maximum atomic E-state index is 12.3. The third-order valence-corrected chi connectivity index (χ3v) is 6.40. The highest BCUT2D eigenvalue weighted by molar-refractivity contribution is 5.69. The molecule has 3 aliphatic heterocycles. The Labute approximate surface area is 160 Å². The van der Waals surface area contributed by atoms with Gasteiger partial charge in [-0.25, -0.2) is 9.59 Å². The van der Waals surface area contributed by atoms with Gasteiger partial charge < -0.3 is 24.0 Å². The normalized spacial score (nSPS) is 28.4. The zero-order chi connectivity index (χ0) is 18.9. The molecule has 27 heavy (non-hydrogen) atoms. The molecule has 3 saturated heterocycles. The summed E-state index contributed by atoms with van der Waals surface area (Å²) in [6.45, 7) is 8.25. The molecule has 0 aromatic carbocycles. The van der Waals surface area contributed by atoms with Crippen molar-refractivity contribution in [3.05, 3.63) is 0 Å². The van der Waals surface area contributed by atoms with Crippen LogP contribution in [0.3, 0.4) is 0 Å². The van der Waals surface area contributed by atoms with E-state index in [1.54, 1.807) is 4.90 Å². The Balaban J connectivity index is 1.17. The summed E-state index contributed by atoms with van der Waals surface area (Å²) in [6.07, 6.45) is 3.98. The number of ether oxygens (including phenoxy) is 3. The van der Waals surface area contributed by atoms with Crippen molar-refractivity contribution in [2.24, 2.45) is 5.41 Å². The number of hydrogen-bond donors (Lipinski definition) is 0. The molecule has 0 N–H and O–H groups in total. The van der Waals surface area contributed by atoms with E-state index in [-0.39, 0.29) is 23.7 Å². The van der Waals surface area contributed by atoms with Gasteiger partial charge in [0.25, 0.3) is 0 Å². The number of hydrogen-bond acceptors (Lipinski definition) is 6. The Hall–Kier alpha value is -1.54. The zero-order valence-electron chi connectivity index (χ0n) is 16.2. The summed E-state index contributed by atoms with van der Waals surface area (Å²) < 4.78 is 16.1. The lowest BCUT2D eigenvalue weighted by Crippen LogP contribution is -2.60. The molecule has 0 aromatic heterocycles. The lowest BCUT2D eigenvalue weighted by atomic mass is 9.78. The van der Waals surface area contributed by atoms with Gasteiger partial charge in [-0.05, 0) is 32.6 Å². The number of rotatable bonds is 3. The monoisotopic (exact) mass is 381 g/mol. The van der Waals surface area contributed by atoms with Crippen molar-refractivity contribution in [3.8, 4) is 0 Å². The van der Waals surface area contributed by atoms with Gasteiger partial charge in [0.05, 0.1) is 13.2 Å². The zero-order valence-corrected chi connectivity index (χ0v) is 16.2. The summed E-state index contributed by atoms with van der Waals surface area (Å²) in [5.41, 5.74) is 0.283. The minimum Gasteiger partial charge on any atom is -0.450 e. The predicted molar refractivity (Wildman–Crippen MR) is 97.5 cm³/mol. The second-order valence-corrected chi connectivity index (χ2v) is 8.36. The van der Waals surface area contributed by atoms with Gasteiger partial charge in [0, 0.05) is 57.3 Å². The summed E-state index contributed by atoms with van der Waals surface area (Å²) in [5.74, 6) is 0. The molecule has 1 spiro atoms. The summed E-state index contributed by atoms with van der Waals surface area (Å²) in [6, 6.07) is 0.552. The number of carbonyl (C=O) groups is 2. The first-order valence-electron chi connectivity index (χ1n) is 10.3. The van der Waals surface area contributed by atoms with E-state index >= 15 is 0 Å². The largest absolute Gasteiger partial charge is 0.450 e. The summed E-state index contributed by atoms with van der Waals surface area (Å²) in [4.78, 5) is 30.1. The second kappa shape index (κ2) is 7.83. The molecule has 152 valence electrons. The van der Waals surface area contributed by atoms with Crippen molar-refractivity contribution in [3.63, 3.8) is 0 Å². The Morgan fingerprint density at radius 1 is 1.11 bits per heavy atom. The molecule has 1 atom stereocenters. The fourth-order valence-corrected chi connectivity index (χ4v) is 4.87. The summed E-state index contributed by atoms with van der Waals surface area (Å²) >= 11 is 0. The molecule has 8 heteroatoms. The first-order valence-corrected chi connectivity index (χ1v) is 10.3. The smallest absolute Gasteiger partial charge is 0.410 e. The van der Waals surface area contributed by atoms with Gasteiger partial charge in [-0.2, -0.15) is 0 Å². The fourth-order valence-electron chi connectivity index (χ4n) is 4.87. The minimum absolute atomic E-state index is 0.00985. The Morgan fingerprint density at radius 2 is 1.93 bits per heavy atom. The van der Waals surface area contributed by atoms with Gasteiger partial charge in [-0.15, -0.1) is 0 Å². The van der Waals surface area contributed by atoms with E-state index < -0.39 is 0 Å². The summed E-state index contributed by atoms with van der Waals surface area (Å²) in [7, 11) is 0. The van der Waals surface area contributed by atoms with Gasteiger partial charge in [0.2, 0.25) is 0 Å². The molecule has 4 rings (SSSR count). The maximum Gasteiger partial charge on any atom is 0.410 e. The van der Waals surface area contributed by atoms with Crippen LogP contribution < -0.4 is 0 Å². The molecular formula is C19H31N3O5. The lowest BCUT2D eigenvalue weighted by Gasteiger charge is -2.49. The van der Waals surface area contributed by atoms with E-state index in [2.05, 4.69) is 4.90 Å². The maximum absolute atomic E-state index is 12.3. The fraction of sp³-hybridized carbons (Fsp3) is 0.895. The topological polar surface area (TPSA) is 71.6 Å². The lowest BCUT2D eigenvalue weighted by molar-refractivity contribution is -0.0522. The third kappa shape index (κ3) is 4.01. The summed E-state index contributed by atoms with van der Waals surface area (Å²) in [5, 5.41) is 0. The number of nitrogens with zero attached hydrogens (tertiary/aromatic N) is 3. The molecule has 4 fully saturated rings. The van der Waals surface area contributed by atoms with Gasteiger partial charge in [0.15, 0.2) is 0 Å². The highest BCUT2D eigenvalue weighted by Crippen LogP contribution is 2.48. The van der Waals surface area contributed by atoms with E-state index in [1.807, 2.05) is 11.8 Å². The van der Waals surface area contributed by atoms with Crippen LogP contribution in [-0.2, 0) is 14.2 Å². The van der Waals surface area contributed by atoms with Crippen LogP contribution in [0.1, 0.15) is 32.6 Å². The van der Waals surface area contributed by atoms with Crippen molar-refractivity contribution in [1.82, 2.24) is 14.7 Å². The van der Waals surface area contributed by atoms with Gasteiger partial charge in [-0.1, -0.05) is 0 Å². The van der Waals surface area contributed by atoms with Gasteiger partial charge in [-0.3, -0.25) is 4.90 Å². The van der Waals surface area contributed by atoms with Crippen LogP contribution in [0.5, 0.6) is 0 Å². The quantitative estimate of drug-likeness (QED) is 0.739. The van der Waals surface area contributed by atoms with E-state index in [4.69, 9.17) is 14.2 Å². The molecule has 3 heterocycles. The van der Waals surface area contributed by atoms with Crippen LogP contribution in [0.25, 0.3) is 0 Å². The Bertz CT molecular complexity index is 552. The third-order valence-electron chi connectivity index (χ3n) is 6.40. The Morgan fingerprint density at radius 3 is 2.70 bits per heavy atom. The molecule has 0 radical (unpaired) electrons. The van der Waals surface area contributed by atoms with Crippen molar-refractivity contribution in [2.75, 3.05) is 59.1 Å². The van der Waals surface area contributed by atoms with Crippen molar-refractivity contribution >= 4 is 12.2 Å². The minimum atomic E-state index is -0.197. The molecule has 4 aliphatic rings. The average Bonchev–Trinajstić information content (AvgIpc) is 2.83. The highest BCUT2D eigenvalue weighted by atomic mass is 16.6. The van der Waals surface area contributed by atoms with Crippen molar-refractivity contribution in [1.29, 1.82) is 0 Å². The standard InChI is InChI=1S/C19H31N3O5/c1-2-26-17(23)22-13-19(14-22)5-4-15(10-19)21-11-16(12-21)27-18(24)20-6-3-8-25-9-7-20/h15-16H,2-14H2,1H3. The van der Waals surface area contributed by atoms with Crippen molar-refractivity contribution in [2.45, 2.75) is 44.8 Å². The first kappa shape index (κ1) is 18.8. The van der Waals surface area contributed by atoms with Crippen molar-refractivity contribution < 1.29 is 23.8 Å². The SMILES string of the molecule is CCOC(=O)N1CC2(CCC(N3CC(OC(=O)N4CCCOCC4)C3)C2)C1. The molecule has 8 nitrogen and oxygen atoms in total. The molecule has 0 aromatic rings. The second-order valence-electron chi connectivity index (χ2n) is 8.36. The number of carbonyl (C=O) groups excluding carboxylic acids is 2. The van der Waals surface area contributed by atoms with Crippen LogP contribution >= 0.6 is 0 Å². The predicted octanol–water partition coefficient (Wildman–Crippen LogP) is 1.54. The molecule has 1 aliphatic carbocycles. The van der Waals surface area contributed by atoms with Crippen LogP contribution in [0, 0.1) is 5.41 Å². The molecule has 2 amide bonds. The van der Waals surface area contributed by atoms with E-state index in [0.29, 0.717) is 25.8 Å². The van der Waals surface area contributed by atoms with Crippen LogP contribution in [0.4, 0.5) is 9.59 Å². The Kier molecular flexibility index (Phi) is 5.45.